The van der Waals surface area contributed by atoms with Crippen LogP contribution in [-0.4, -0.2) is 15.9 Å². The molecule has 5 nitrogen and oxygen atoms in total. The van der Waals surface area contributed by atoms with Gasteiger partial charge in [-0.3, -0.25) is 9.78 Å². The number of rotatable bonds is 4. The Morgan fingerprint density at radius 1 is 1.12 bits per heavy atom. The largest absolute Gasteiger partial charge is 0.340 e. The lowest BCUT2D eigenvalue weighted by Crippen LogP contribution is -2.12. The van der Waals surface area contributed by atoms with E-state index < -0.39 is 0 Å². The topological polar surface area (TPSA) is 66.9 Å². The number of benzene rings is 1. The number of nitrogens with one attached hydrogen (secondary N) is 2. The Morgan fingerprint density at radius 2 is 2.00 bits per heavy atom. The zero-order valence-corrected chi connectivity index (χ0v) is 14.5. The van der Waals surface area contributed by atoms with Gasteiger partial charge in [0, 0.05) is 22.6 Å². The fraction of sp³-hybridized carbons (Fsp3) is 0.0556. The number of aryl methyl sites for hydroxylation is 1. The molecule has 0 fully saturated rings. The molecular formula is C18H15BrN4O. The molecular weight excluding hydrogens is 368 g/mol. The lowest BCUT2D eigenvalue weighted by molar-refractivity contribution is 0.102. The molecule has 0 saturated heterocycles. The Balaban J connectivity index is 1.68. The standard InChI is InChI=1S/C18H15BrN4O/c1-12-9-14(19)4-6-16(12)23-17-7-5-15(11-21-17)22-18(24)13-3-2-8-20-10-13/h2-11H,1H3,(H,21,23)(H,22,24). The van der Waals surface area contributed by atoms with Gasteiger partial charge in [0.05, 0.1) is 17.4 Å². The van der Waals surface area contributed by atoms with E-state index in [-0.39, 0.29) is 5.91 Å². The van der Waals surface area contributed by atoms with E-state index >= 15 is 0 Å². The average molecular weight is 383 g/mol. The van der Waals surface area contributed by atoms with Crippen molar-refractivity contribution in [3.8, 4) is 0 Å². The summed E-state index contributed by atoms with van der Waals surface area (Å²) in [7, 11) is 0. The van der Waals surface area contributed by atoms with E-state index in [4.69, 9.17) is 0 Å². The molecule has 0 atom stereocenters. The summed E-state index contributed by atoms with van der Waals surface area (Å²) in [5.74, 6) is 0.495. The fourth-order valence-corrected chi connectivity index (χ4v) is 2.62. The van der Waals surface area contributed by atoms with Crippen LogP contribution < -0.4 is 10.6 Å². The van der Waals surface area contributed by atoms with E-state index in [1.807, 2.05) is 31.2 Å². The van der Waals surface area contributed by atoms with Crippen molar-refractivity contribution in [1.29, 1.82) is 0 Å². The monoisotopic (exact) mass is 382 g/mol. The SMILES string of the molecule is Cc1cc(Br)ccc1Nc1ccc(NC(=O)c2cccnc2)cn1. The van der Waals surface area contributed by atoms with Gasteiger partial charge in [-0.1, -0.05) is 15.9 Å². The first-order chi connectivity index (χ1) is 11.6. The summed E-state index contributed by atoms with van der Waals surface area (Å²) in [5, 5.41) is 6.05. The second-order valence-electron chi connectivity index (χ2n) is 5.21. The van der Waals surface area contributed by atoms with E-state index in [1.165, 1.54) is 6.20 Å². The van der Waals surface area contributed by atoms with Crippen molar-refractivity contribution in [2.24, 2.45) is 0 Å². The van der Waals surface area contributed by atoms with Crippen LogP contribution in [0.3, 0.4) is 0 Å². The van der Waals surface area contributed by atoms with Crippen molar-refractivity contribution < 1.29 is 4.79 Å². The van der Waals surface area contributed by atoms with Crippen LogP contribution in [0, 0.1) is 6.92 Å². The Kier molecular flexibility index (Phi) is 4.86. The number of halogens is 1. The van der Waals surface area contributed by atoms with E-state index in [0.717, 1.165) is 15.7 Å². The maximum atomic E-state index is 12.1. The zero-order valence-electron chi connectivity index (χ0n) is 13.0. The molecule has 1 amide bonds. The normalized spacial score (nSPS) is 10.2. The van der Waals surface area contributed by atoms with Crippen molar-refractivity contribution >= 4 is 39.0 Å². The number of hydrogen-bond acceptors (Lipinski definition) is 4. The van der Waals surface area contributed by atoms with Crippen LogP contribution in [0.1, 0.15) is 15.9 Å². The van der Waals surface area contributed by atoms with Crippen molar-refractivity contribution in [1.82, 2.24) is 9.97 Å². The van der Waals surface area contributed by atoms with Gasteiger partial charge in [-0.15, -0.1) is 0 Å². The van der Waals surface area contributed by atoms with Crippen molar-refractivity contribution in [3.63, 3.8) is 0 Å². The molecule has 6 heteroatoms. The number of amides is 1. The molecule has 0 saturated carbocycles. The summed E-state index contributed by atoms with van der Waals surface area (Å²) in [5.41, 5.74) is 3.23. The number of hydrogen-bond donors (Lipinski definition) is 2. The highest BCUT2D eigenvalue weighted by molar-refractivity contribution is 9.10. The molecule has 0 unspecified atom stereocenters. The molecule has 0 radical (unpaired) electrons. The van der Waals surface area contributed by atoms with E-state index in [0.29, 0.717) is 17.1 Å². The number of anilines is 3. The highest BCUT2D eigenvalue weighted by Crippen LogP contribution is 2.23. The third kappa shape index (κ3) is 3.97. The Morgan fingerprint density at radius 3 is 2.67 bits per heavy atom. The molecule has 0 bridgehead atoms. The zero-order chi connectivity index (χ0) is 16.9. The summed E-state index contributed by atoms with van der Waals surface area (Å²) < 4.78 is 1.03. The van der Waals surface area contributed by atoms with Gasteiger partial charge >= 0.3 is 0 Å². The number of nitrogens with zero attached hydrogens (tertiary/aromatic N) is 2. The number of aromatic nitrogens is 2. The third-order valence-corrected chi connectivity index (χ3v) is 3.89. The molecule has 3 aromatic rings. The fourth-order valence-electron chi connectivity index (χ4n) is 2.15. The predicted molar refractivity (Wildman–Crippen MR) is 98.6 cm³/mol. The molecule has 0 aliphatic carbocycles. The van der Waals surface area contributed by atoms with Crippen LogP contribution in [0.25, 0.3) is 0 Å². The van der Waals surface area contributed by atoms with Crippen LogP contribution in [0.15, 0.2) is 65.5 Å². The van der Waals surface area contributed by atoms with Crippen molar-refractivity contribution in [3.05, 3.63) is 76.7 Å². The molecule has 2 N–H and O–H groups in total. The van der Waals surface area contributed by atoms with Crippen LogP contribution in [-0.2, 0) is 0 Å². The summed E-state index contributed by atoms with van der Waals surface area (Å²) in [6, 6.07) is 13.0. The smallest absolute Gasteiger partial charge is 0.257 e. The molecule has 3 rings (SSSR count). The summed E-state index contributed by atoms with van der Waals surface area (Å²) in [4.78, 5) is 20.3. The van der Waals surface area contributed by atoms with Gasteiger partial charge in [-0.25, -0.2) is 4.98 Å². The molecule has 2 aromatic heterocycles. The summed E-state index contributed by atoms with van der Waals surface area (Å²) >= 11 is 3.45. The van der Waals surface area contributed by atoms with E-state index in [2.05, 4.69) is 36.5 Å². The molecule has 0 aliphatic rings. The number of carbonyl (C=O) groups excluding carboxylic acids is 1. The first-order valence-electron chi connectivity index (χ1n) is 7.32. The molecule has 120 valence electrons. The first-order valence-corrected chi connectivity index (χ1v) is 8.12. The first kappa shape index (κ1) is 16.1. The molecule has 0 aliphatic heterocycles. The third-order valence-electron chi connectivity index (χ3n) is 3.40. The quantitative estimate of drug-likeness (QED) is 0.694. The average Bonchev–Trinajstić information content (AvgIpc) is 2.60. The van der Waals surface area contributed by atoms with Crippen molar-refractivity contribution in [2.75, 3.05) is 10.6 Å². The van der Waals surface area contributed by atoms with Gasteiger partial charge in [0.1, 0.15) is 5.82 Å². The Labute approximate surface area is 148 Å². The Bertz CT molecular complexity index is 851. The Hall–Kier alpha value is -2.73. The molecule has 0 spiro atoms. The molecule has 24 heavy (non-hydrogen) atoms. The van der Waals surface area contributed by atoms with Gasteiger partial charge in [0.2, 0.25) is 0 Å². The van der Waals surface area contributed by atoms with Crippen molar-refractivity contribution in [2.45, 2.75) is 6.92 Å². The molecule has 1 aromatic carbocycles. The highest BCUT2D eigenvalue weighted by Gasteiger charge is 2.06. The van der Waals surface area contributed by atoms with Crippen LogP contribution in [0.5, 0.6) is 0 Å². The van der Waals surface area contributed by atoms with Crippen LogP contribution >= 0.6 is 15.9 Å². The second-order valence-corrected chi connectivity index (χ2v) is 6.13. The van der Waals surface area contributed by atoms with Crippen LogP contribution in [0.4, 0.5) is 17.2 Å². The van der Waals surface area contributed by atoms with Gasteiger partial charge < -0.3 is 10.6 Å². The lowest BCUT2D eigenvalue weighted by Gasteiger charge is -2.10. The highest BCUT2D eigenvalue weighted by atomic mass is 79.9. The van der Waals surface area contributed by atoms with Gasteiger partial charge in [0.15, 0.2) is 0 Å². The minimum absolute atomic E-state index is 0.214. The number of carbonyl (C=O) groups is 1. The van der Waals surface area contributed by atoms with Gasteiger partial charge in [-0.2, -0.15) is 0 Å². The van der Waals surface area contributed by atoms with Gasteiger partial charge in [0.25, 0.3) is 5.91 Å². The van der Waals surface area contributed by atoms with Crippen LogP contribution in [0.2, 0.25) is 0 Å². The van der Waals surface area contributed by atoms with Gasteiger partial charge in [-0.05, 0) is 55.0 Å². The molecule has 2 heterocycles. The predicted octanol–water partition coefficient (Wildman–Crippen LogP) is 4.54. The maximum absolute atomic E-state index is 12.1. The number of pyridine rings is 2. The minimum atomic E-state index is -0.214. The minimum Gasteiger partial charge on any atom is -0.340 e. The summed E-state index contributed by atoms with van der Waals surface area (Å²) in [6.45, 7) is 2.02. The summed E-state index contributed by atoms with van der Waals surface area (Å²) in [6.07, 6.45) is 4.77. The van der Waals surface area contributed by atoms with E-state index in [1.54, 1.807) is 30.6 Å². The maximum Gasteiger partial charge on any atom is 0.257 e. The van der Waals surface area contributed by atoms with E-state index in [9.17, 15) is 4.79 Å². The lowest BCUT2D eigenvalue weighted by atomic mass is 10.2. The second kappa shape index (κ2) is 7.23.